The van der Waals surface area contributed by atoms with Crippen LogP contribution in [0.3, 0.4) is 0 Å². The van der Waals surface area contributed by atoms with E-state index in [-0.39, 0.29) is 47.2 Å². The number of Topliss-reactive ketones (excluding diaryl/α,β-unsaturated/α-hetero) is 2. The zero-order valence-corrected chi connectivity index (χ0v) is 27.0. The fourth-order valence-electron chi connectivity index (χ4n) is 4.99. The van der Waals surface area contributed by atoms with E-state index in [0.717, 1.165) is 0 Å². The summed E-state index contributed by atoms with van der Waals surface area (Å²) in [6, 6.07) is -0.674. The van der Waals surface area contributed by atoms with E-state index in [4.69, 9.17) is 23.4 Å². The normalized spacial score (nSPS) is 35.0. The number of nitrogens with zero attached hydrogens (tertiary/aromatic N) is 3. The molecule has 2 fully saturated rings. The zero-order valence-electron chi connectivity index (χ0n) is 26.0. The summed E-state index contributed by atoms with van der Waals surface area (Å²) in [5.74, 6) is -1.64. The van der Waals surface area contributed by atoms with Crippen molar-refractivity contribution >= 4 is 25.9 Å². The second kappa shape index (κ2) is 13.9. The molecule has 0 spiro atoms. The van der Waals surface area contributed by atoms with Crippen LogP contribution in [0.5, 0.6) is 0 Å². The first kappa shape index (κ1) is 34.4. The minimum atomic E-state index is -2.28. The lowest BCUT2D eigenvalue weighted by Gasteiger charge is -2.50. The molecule has 11 nitrogen and oxygen atoms in total. The molecule has 2 aliphatic rings. The van der Waals surface area contributed by atoms with Crippen molar-refractivity contribution < 1.29 is 37.8 Å². The average Bonchev–Trinajstić information content (AvgIpc) is 2.84. The molecule has 0 bridgehead atoms. The third-order valence-corrected chi connectivity index (χ3v) is 13.3. The number of rotatable bonds is 11. The molecule has 2 saturated heterocycles. The third-order valence-electron chi connectivity index (χ3n) is 8.83. The highest BCUT2D eigenvalue weighted by atomic mass is 28.4. The number of ether oxygens (including phenoxy) is 4. The molecule has 0 aliphatic carbocycles. The van der Waals surface area contributed by atoms with Crippen LogP contribution in [-0.2, 0) is 37.8 Å². The molecule has 0 saturated carbocycles. The van der Waals surface area contributed by atoms with Crippen molar-refractivity contribution in [3.8, 4) is 0 Å². The lowest BCUT2D eigenvalue weighted by Crippen LogP contribution is -2.61. The number of azide groups is 1. The van der Waals surface area contributed by atoms with Crippen LogP contribution >= 0.6 is 0 Å². The van der Waals surface area contributed by atoms with Crippen molar-refractivity contribution in [2.24, 2.45) is 22.9 Å². The number of hydrogen-bond acceptors (Lipinski definition) is 9. The molecule has 10 atom stereocenters. The van der Waals surface area contributed by atoms with Crippen molar-refractivity contribution in [2.45, 2.75) is 143 Å². The minimum Gasteiger partial charge on any atom is -0.457 e. The first-order valence-electron chi connectivity index (χ1n) is 14.3. The standard InChI is InChI=1S/C28H49N3O8Si/c1-12-20-24(18(5)22(30-31-29)26(35-20)39-40(10,11)28(7,8)9)38-27-25(36-21(34)14-13-15(2)32)17(4)16(3)23(37-27)19(6)33/h16-18,20,22-27H,12-14H2,1-11H3/t16-,17+,18-,20?,22?,23?,24-,25?,26+,27+/m1/s1. The molecule has 40 heavy (non-hydrogen) atoms. The van der Waals surface area contributed by atoms with Crippen molar-refractivity contribution in [3.05, 3.63) is 10.4 Å². The van der Waals surface area contributed by atoms with Crippen molar-refractivity contribution in [1.29, 1.82) is 0 Å². The molecule has 0 amide bonds. The largest absolute Gasteiger partial charge is 0.457 e. The van der Waals surface area contributed by atoms with Crippen LogP contribution in [0.4, 0.5) is 0 Å². The predicted molar refractivity (Wildman–Crippen MR) is 152 cm³/mol. The fraction of sp³-hybridized carbons (Fsp3) is 0.893. The lowest BCUT2D eigenvalue weighted by molar-refractivity contribution is -0.317. The molecule has 2 aliphatic heterocycles. The monoisotopic (exact) mass is 583 g/mol. The minimum absolute atomic E-state index is 0.0538. The fourth-order valence-corrected chi connectivity index (χ4v) is 6.11. The van der Waals surface area contributed by atoms with Gasteiger partial charge in [0.25, 0.3) is 0 Å². The second-order valence-electron chi connectivity index (χ2n) is 12.9. The van der Waals surface area contributed by atoms with E-state index in [1.54, 1.807) is 0 Å². The van der Waals surface area contributed by atoms with Gasteiger partial charge in [0.2, 0.25) is 0 Å². The Bertz CT molecular complexity index is 964. The summed E-state index contributed by atoms with van der Waals surface area (Å²) < 4.78 is 31.5. The van der Waals surface area contributed by atoms with Gasteiger partial charge in [-0.25, -0.2) is 0 Å². The molecule has 12 heteroatoms. The van der Waals surface area contributed by atoms with E-state index in [2.05, 4.69) is 43.9 Å². The summed E-state index contributed by atoms with van der Waals surface area (Å²) in [5, 5.41) is 3.98. The molecule has 0 aromatic carbocycles. The highest BCUT2D eigenvalue weighted by Gasteiger charge is 2.52. The Kier molecular flexibility index (Phi) is 11.9. The first-order chi connectivity index (χ1) is 18.4. The molecular weight excluding hydrogens is 534 g/mol. The Balaban J connectivity index is 2.39. The van der Waals surface area contributed by atoms with Crippen molar-refractivity contribution in [2.75, 3.05) is 0 Å². The van der Waals surface area contributed by atoms with Gasteiger partial charge in [-0.3, -0.25) is 9.59 Å². The Morgan fingerprint density at radius 3 is 2.08 bits per heavy atom. The number of carbonyl (C=O) groups is 3. The Hall–Kier alpha value is -1.82. The molecular formula is C28H49N3O8Si. The summed E-state index contributed by atoms with van der Waals surface area (Å²) in [4.78, 5) is 39.6. The summed E-state index contributed by atoms with van der Waals surface area (Å²) in [6.45, 7) is 21.2. The van der Waals surface area contributed by atoms with Gasteiger partial charge in [0, 0.05) is 17.3 Å². The molecule has 0 aromatic rings. The van der Waals surface area contributed by atoms with Crippen molar-refractivity contribution in [1.82, 2.24) is 0 Å². The lowest BCUT2D eigenvalue weighted by atomic mass is 9.81. The third kappa shape index (κ3) is 8.14. The van der Waals surface area contributed by atoms with E-state index >= 15 is 0 Å². The van der Waals surface area contributed by atoms with Gasteiger partial charge >= 0.3 is 5.97 Å². The maximum atomic E-state index is 12.7. The molecule has 0 N–H and O–H groups in total. The van der Waals surface area contributed by atoms with Crippen LogP contribution in [0.15, 0.2) is 5.11 Å². The average molecular weight is 584 g/mol. The zero-order chi connectivity index (χ0) is 30.6. The van der Waals surface area contributed by atoms with E-state index in [0.29, 0.717) is 6.42 Å². The highest BCUT2D eigenvalue weighted by Crippen LogP contribution is 2.42. The van der Waals surface area contributed by atoms with Gasteiger partial charge in [0.15, 0.2) is 32.8 Å². The number of ketones is 2. The van der Waals surface area contributed by atoms with E-state index < -0.39 is 57.3 Å². The molecule has 0 aromatic heterocycles. The number of esters is 1. The van der Waals surface area contributed by atoms with Gasteiger partial charge in [0.05, 0.1) is 24.7 Å². The maximum Gasteiger partial charge on any atom is 0.306 e. The summed E-state index contributed by atoms with van der Waals surface area (Å²) in [5.41, 5.74) is 9.41. The quantitative estimate of drug-likeness (QED) is 0.0988. The molecule has 0 radical (unpaired) electrons. The maximum absolute atomic E-state index is 12.7. The Morgan fingerprint density at radius 2 is 1.57 bits per heavy atom. The summed E-state index contributed by atoms with van der Waals surface area (Å²) in [6.07, 6.45) is -3.79. The van der Waals surface area contributed by atoms with Gasteiger partial charge in [-0.1, -0.05) is 53.6 Å². The molecule has 2 rings (SSSR count). The van der Waals surface area contributed by atoms with Gasteiger partial charge < -0.3 is 28.2 Å². The van der Waals surface area contributed by atoms with E-state index in [1.165, 1.54) is 13.8 Å². The van der Waals surface area contributed by atoms with Gasteiger partial charge in [-0.15, -0.1) is 0 Å². The molecule has 228 valence electrons. The molecule has 4 unspecified atom stereocenters. The SMILES string of the molecule is CCC1O[C@@H](O[Si](C)(C)C(C)(C)C)C(N=[N+]=[N-])[C@@H](C)[C@H]1O[C@@H]1OC(C(C)=O)[C@H](C)[C@H](C)C1OC(=O)CCC(C)=O. The number of hydrogen-bond donors (Lipinski definition) is 0. The predicted octanol–water partition coefficient (Wildman–Crippen LogP) is 5.71. The van der Waals surface area contributed by atoms with Crippen LogP contribution in [0, 0.1) is 17.8 Å². The Labute approximate surface area is 239 Å². The van der Waals surface area contributed by atoms with Crippen LogP contribution in [0.1, 0.15) is 81.6 Å². The highest BCUT2D eigenvalue weighted by molar-refractivity contribution is 6.74. The number of carbonyl (C=O) groups excluding carboxylic acids is 3. The van der Waals surface area contributed by atoms with E-state index in [9.17, 15) is 19.9 Å². The smallest absolute Gasteiger partial charge is 0.306 e. The topological polar surface area (TPSA) is 146 Å². The first-order valence-corrected chi connectivity index (χ1v) is 17.2. The van der Waals surface area contributed by atoms with Gasteiger partial charge in [0.1, 0.15) is 11.9 Å². The van der Waals surface area contributed by atoms with Crippen LogP contribution < -0.4 is 0 Å². The second-order valence-corrected chi connectivity index (χ2v) is 17.7. The van der Waals surface area contributed by atoms with Crippen LogP contribution in [0.2, 0.25) is 18.1 Å². The van der Waals surface area contributed by atoms with Crippen LogP contribution in [0.25, 0.3) is 10.4 Å². The van der Waals surface area contributed by atoms with Crippen molar-refractivity contribution in [3.63, 3.8) is 0 Å². The van der Waals surface area contributed by atoms with Gasteiger partial charge in [-0.2, -0.15) is 0 Å². The summed E-state index contributed by atoms with van der Waals surface area (Å²) in [7, 11) is -2.28. The Morgan fingerprint density at radius 1 is 0.950 bits per heavy atom. The van der Waals surface area contributed by atoms with Crippen LogP contribution in [-0.4, -0.2) is 68.9 Å². The summed E-state index contributed by atoms with van der Waals surface area (Å²) >= 11 is 0. The van der Waals surface area contributed by atoms with E-state index in [1.807, 2.05) is 27.7 Å². The van der Waals surface area contributed by atoms with Gasteiger partial charge in [-0.05, 0) is 55.8 Å². The molecule has 2 heterocycles.